The van der Waals surface area contributed by atoms with Crippen molar-refractivity contribution < 1.29 is 26.9 Å². The van der Waals surface area contributed by atoms with Gasteiger partial charge in [-0.2, -0.15) is 23.3 Å². The number of hydrogen-bond donors (Lipinski definition) is 0. The van der Waals surface area contributed by atoms with Crippen LogP contribution in [0.3, 0.4) is 0 Å². The van der Waals surface area contributed by atoms with Gasteiger partial charge in [0.2, 0.25) is 5.82 Å². The number of carbonyl (C=O) groups excluding carboxylic acids is 1. The number of amides is 1. The van der Waals surface area contributed by atoms with Crippen LogP contribution in [0.5, 0.6) is 0 Å². The monoisotopic (exact) mass is 392 g/mol. The van der Waals surface area contributed by atoms with E-state index in [4.69, 9.17) is 0 Å². The number of halogens is 4. The highest BCUT2D eigenvalue weighted by molar-refractivity contribution is 5.95. The third-order valence-corrected chi connectivity index (χ3v) is 3.59. The summed E-state index contributed by atoms with van der Waals surface area (Å²) in [6.45, 7) is 0. The molecule has 6 nitrogen and oxygen atoms in total. The lowest BCUT2D eigenvalue weighted by atomic mass is 10.1. The van der Waals surface area contributed by atoms with Crippen molar-refractivity contribution in [2.24, 2.45) is 5.10 Å². The first kappa shape index (κ1) is 19.2. The Labute approximate surface area is 156 Å². The van der Waals surface area contributed by atoms with Crippen molar-refractivity contribution in [3.63, 3.8) is 0 Å². The summed E-state index contributed by atoms with van der Waals surface area (Å²) >= 11 is 0. The number of aromatic nitrogens is 2. The Morgan fingerprint density at radius 2 is 1.93 bits per heavy atom. The van der Waals surface area contributed by atoms with Gasteiger partial charge in [0, 0.05) is 12.6 Å². The molecule has 1 amide bonds. The highest BCUT2D eigenvalue weighted by atomic mass is 19.4. The first-order valence-electron chi connectivity index (χ1n) is 7.83. The highest BCUT2D eigenvalue weighted by Gasteiger charge is 2.38. The van der Waals surface area contributed by atoms with Gasteiger partial charge in [0.1, 0.15) is 5.82 Å². The summed E-state index contributed by atoms with van der Waals surface area (Å²) in [5.41, 5.74) is 0.595. The molecule has 144 valence electrons. The van der Waals surface area contributed by atoms with Crippen LogP contribution in [0.15, 0.2) is 58.2 Å². The molecule has 1 aromatic heterocycles. The summed E-state index contributed by atoms with van der Waals surface area (Å²) in [6.07, 6.45) is -3.44. The summed E-state index contributed by atoms with van der Waals surface area (Å²) in [6, 6.07) is 11.6. The largest absolute Gasteiger partial charge is 0.471 e. The standard InChI is InChI=1S/C18H12F4N4O2/c1-26(16(27)13-7-2-3-8-14(13)19)23-10-11-5-4-6-12(9-11)15-24-17(28-25-15)18(20,21)22/h2-10H,1H3/b23-10+. The first-order valence-corrected chi connectivity index (χ1v) is 7.83. The quantitative estimate of drug-likeness (QED) is 0.382. The smallest absolute Gasteiger partial charge is 0.329 e. The summed E-state index contributed by atoms with van der Waals surface area (Å²) < 4.78 is 55.6. The van der Waals surface area contributed by atoms with Crippen LogP contribution in [-0.4, -0.2) is 34.3 Å². The Bertz CT molecular complexity index is 1030. The van der Waals surface area contributed by atoms with Gasteiger partial charge < -0.3 is 4.52 Å². The van der Waals surface area contributed by atoms with E-state index in [1.54, 1.807) is 12.1 Å². The lowest BCUT2D eigenvalue weighted by Crippen LogP contribution is -2.22. The number of hydrogen-bond acceptors (Lipinski definition) is 5. The third-order valence-electron chi connectivity index (χ3n) is 3.59. The fourth-order valence-corrected chi connectivity index (χ4v) is 2.23. The van der Waals surface area contributed by atoms with Crippen molar-refractivity contribution in [2.75, 3.05) is 7.05 Å². The number of hydrazone groups is 1. The van der Waals surface area contributed by atoms with Gasteiger partial charge >= 0.3 is 12.1 Å². The second-order valence-corrected chi connectivity index (χ2v) is 5.60. The topological polar surface area (TPSA) is 71.6 Å². The second-order valence-electron chi connectivity index (χ2n) is 5.60. The molecular weight excluding hydrogens is 380 g/mol. The Kier molecular flexibility index (Phi) is 5.21. The minimum atomic E-state index is -4.74. The predicted octanol–water partition coefficient (Wildman–Crippen LogP) is 4.00. The average molecular weight is 392 g/mol. The number of carbonyl (C=O) groups is 1. The summed E-state index contributed by atoms with van der Waals surface area (Å²) in [7, 11) is 1.35. The lowest BCUT2D eigenvalue weighted by molar-refractivity contribution is -0.159. The van der Waals surface area contributed by atoms with Crippen molar-refractivity contribution in [3.05, 3.63) is 71.4 Å². The second kappa shape index (κ2) is 7.59. The molecular formula is C18H12F4N4O2. The zero-order chi connectivity index (χ0) is 20.3. The normalized spacial score (nSPS) is 11.8. The summed E-state index contributed by atoms with van der Waals surface area (Å²) in [5.74, 6) is -3.01. The molecule has 0 saturated heterocycles. The zero-order valence-corrected chi connectivity index (χ0v) is 14.3. The van der Waals surface area contributed by atoms with Crippen molar-refractivity contribution in [1.82, 2.24) is 15.1 Å². The number of nitrogens with zero attached hydrogens (tertiary/aromatic N) is 4. The Morgan fingerprint density at radius 3 is 2.61 bits per heavy atom. The van der Waals surface area contributed by atoms with E-state index in [-0.39, 0.29) is 17.0 Å². The molecule has 1 heterocycles. The van der Waals surface area contributed by atoms with Crippen LogP contribution in [0, 0.1) is 5.82 Å². The van der Waals surface area contributed by atoms with Crippen LogP contribution in [0.1, 0.15) is 21.8 Å². The molecule has 0 atom stereocenters. The van der Waals surface area contributed by atoms with Crippen LogP contribution >= 0.6 is 0 Å². The van der Waals surface area contributed by atoms with Crippen LogP contribution in [0.25, 0.3) is 11.4 Å². The van der Waals surface area contributed by atoms with Gasteiger partial charge in [-0.15, -0.1) is 0 Å². The molecule has 0 aliphatic carbocycles. The predicted molar refractivity (Wildman–Crippen MR) is 90.8 cm³/mol. The molecule has 3 rings (SSSR count). The van der Waals surface area contributed by atoms with Crippen molar-refractivity contribution in [2.45, 2.75) is 6.18 Å². The van der Waals surface area contributed by atoms with Gasteiger partial charge in [-0.05, 0) is 23.8 Å². The van der Waals surface area contributed by atoms with E-state index < -0.39 is 23.8 Å². The summed E-state index contributed by atoms with van der Waals surface area (Å²) in [5, 5.41) is 8.19. The van der Waals surface area contributed by atoms with Crippen LogP contribution in [-0.2, 0) is 6.18 Å². The number of rotatable bonds is 4. The van der Waals surface area contributed by atoms with E-state index in [1.165, 1.54) is 43.6 Å². The maximum absolute atomic E-state index is 13.7. The molecule has 0 N–H and O–H groups in total. The molecule has 2 aromatic carbocycles. The van der Waals surface area contributed by atoms with E-state index in [2.05, 4.69) is 19.8 Å². The molecule has 0 radical (unpaired) electrons. The molecule has 28 heavy (non-hydrogen) atoms. The number of alkyl halides is 3. The summed E-state index contributed by atoms with van der Waals surface area (Å²) in [4.78, 5) is 15.5. The van der Waals surface area contributed by atoms with Gasteiger partial charge in [0.05, 0.1) is 11.8 Å². The molecule has 10 heteroatoms. The van der Waals surface area contributed by atoms with Gasteiger partial charge in [-0.25, -0.2) is 9.40 Å². The van der Waals surface area contributed by atoms with E-state index in [9.17, 15) is 22.4 Å². The van der Waals surface area contributed by atoms with E-state index in [1.807, 2.05) is 0 Å². The van der Waals surface area contributed by atoms with Gasteiger partial charge in [-0.1, -0.05) is 35.5 Å². The van der Waals surface area contributed by atoms with Crippen LogP contribution in [0.2, 0.25) is 0 Å². The zero-order valence-electron chi connectivity index (χ0n) is 14.3. The molecule has 0 saturated carbocycles. The lowest BCUT2D eigenvalue weighted by Gasteiger charge is -2.11. The van der Waals surface area contributed by atoms with Gasteiger partial charge in [0.15, 0.2) is 0 Å². The Morgan fingerprint density at radius 1 is 1.18 bits per heavy atom. The molecule has 0 bridgehead atoms. The Balaban J connectivity index is 1.78. The van der Waals surface area contributed by atoms with Gasteiger partial charge in [-0.3, -0.25) is 4.79 Å². The molecule has 3 aromatic rings. The molecule has 0 aliphatic heterocycles. The van der Waals surface area contributed by atoms with Crippen LogP contribution < -0.4 is 0 Å². The maximum atomic E-state index is 13.7. The highest BCUT2D eigenvalue weighted by Crippen LogP contribution is 2.29. The van der Waals surface area contributed by atoms with Crippen molar-refractivity contribution >= 4 is 12.1 Å². The number of benzene rings is 2. The molecule has 0 unspecified atom stereocenters. The van der Waals surface area contributed by atoms with Crippen LogP contribution in [0.4, 0.5) is 17.6 Å². The average Bonchev–Trinajstić information content (AvgIpc) is 3.17. The Hall–Kier alpha value is -3.56. The van der Waals surface area contributed by atoms with Crippen molar-refractivity contribution in [3.8, 4) is 11.4 Å². The molecule has 0 aliphatic rings. The van der Waals surface area contributed by atoms with E-state index in [0.29, 0.717) is 5.56 Å². The minimum Gasteiger partial charge on any atom is -0.329 e. The van der Waals surface area contributed by atoms with E-state index in [0.717, 1.165) is 11.1 Å². The van der Waals surface area contributed by atoms with E-state index >= 15 is 0 Å². The fourth-order valence-electron chi connectivity index (χ4n) is 2.23. The third kappa shape index (κ3) is 4.22. The minimum absolute atomic E-state index is 0.137. The van der Waals surface area contributed by atoms with Crippen molar-refractivity contribution in [1.29, 1.82) is 0 Å². The molecule has 0 spiro atoms. The SMILES string of the molecule is CN(/N=C/c1cccc(-c2noc(C(F)(F)F)n2)c1)C(=O)c1ccccc1F. The van der Waals surface area contributed by atoms with Gasteiger partial charge in [0.25, 0.3) is 5.91 Å². The molecule has 0 fully saturated rings. The first-order chi connectivity index (χ1) is 13.3. The fraction of sp³-hybridized carbons (Fsp3) is 0.111. The maximum Gasteiger partial charge on any atom is 0.471 e.